The van der Waals surface area contributed by atoms with Gasteiger partial charge >= 0.3 is 0 Å². The predicted molar refractivity (Wildman–Crippen MR) is 97.8 cm³/mol. The fourth-order valence-electron chi connectivity index (χ4n) is 2.84. The predicted octanol–water partition coefficient (Wildman–Crippen LogP) is 4.49. The van der Waals surface area contributed by atoms with Gasteiger partial charge in [-0.1, -0.05) is 6.07 Å². The van der Waals surface area contributed by atoms with Gasteiger partial charge in [0.1, 0.15) is 23.4 Å². The summed E-state index contributed by atoms with van der Waals surface area (Å²) in [5.74, 6) is 0.849. The molecule has 0 fully saturated rings. The molecule has 1 unspecified atom stereocenters. The Morgan fingerprint density at radius 3 is 2.92 bits per heavy atom. The van der Waals surface area contributed by atoms with Crippen LogP contribution < -0.4 is 14.8 Å². The van der Waals surface area contributed by atoms with Crippen molar-refractivity contribution < 1.29 is 18.7 Å². The average Bonchev–Trinajstić information content (AvgIpc) is 2.90. The SMILES string of the molecule is CCOc1cc2c(cc1NC(=O)Cc1ccc(F)c(Br)c1)OC(C)C2. The Labute approximate surface area is 154 Å². The monoisotopic (exact) mass is 407 g/mol. The smallest absolute Gasteiger partial charge is 0.228 e. The molecule has 0 aromatic heterocycles. The summed E-state index contributed by atoms with van der Waals surface area (Å²) in [7, 11) is 0. The summed E-state index contributed by atoms with van der Waals surface area (Å²) >= 11 is 3.13. The van der Waals surface area contributed by atoms with E-state index in [-0.39, 0.29) is 24.2 Å². The molecule has 132 valence electrons. The molecule has 1 N–H and O–H groups in total. The molecule has 0 bridgehead atoms. The van der Waals surface area contributed by atoms with E-state index in [0.29, 0.717) is 22.5 Å². The van der Waals surface area contributed by atoms with Crippen molar-refractivity contribution in [2.75, 3.05) is 11.9 Å². The van der Waals surface area contributed by atoms with E-state index in [9.17, 15) is 9.18 Å². The van der Waals surface area contributed by atoms with Crippen LogP contribution in [0.3, 0.4) is 0 Å². The number of ether oxygens (including phenoxy) is 2. The molecule has 0 saturated heterocycles. The van der Waals surface area contributed by atoms with Crippen LogP contribution in [-0.4, -0.2) is 18.6 Å². The maximum absolute atomic E-state index is 13.3. The largest absolute Gasteiger partial charge is 0.492 e. The lowest BCUT2D eigenvalue weighted by Gasteiger charge is -2.13. The first-order valence-electron chi connectivity index (χ1n) is 8.16. The van der Waals surface area contributed by atoms with Crippen LogP contribution in [0, 0.1) is 5.82 Å². The second kappa shape index (κ2) is 7.44. The van der Waals surface area contributed by atoms with Crippen LogP contribution in [0.4, 0.5) is 10.1 Å². The van der Waals surface area contributed by atoms with Gasteiger partial charge in [-0.3, -0.25) is 4.79 Å². The number of carbonyl (C=O) groups is 1. The fourth-order valence-corrected chi connectivity index (χ4v) is 3.27. The minimum atomic E-state index is -0.354. The lowest BCUT2D eigenvalue weighted by molar-refractivity contribution is -0.115. The summed E-state index contributed by atoms with van der Waals surface area (Å²) in [6, 6.07) is 8.26. The van der Waals surface area contributed by atoms with Gasteiger partial charge in [0, 0.05) is 18.1 Å². The third-order valence-corrected chi connectivity index (χ3v) is 4.53. The standard InChI is InChI=1S/C19H19BrFNO3/c1-3-24-18-9-13-6-11(2)25-17(13)10-16(18)22-19(23)8-12-4-5-15(21)14(20)7-12/h4-5,7,9-11H,3,6,8H2,1-2H3,(H,22,23). The van der Waals surface area contributed by atoms with Gasteiger partial charge in [0.15, 0.2) is 0 Å². The molecule has 2 aromatic carbocycles. The molecular formula is C19H19BrFNO3. The minimum Gasteiger partial charge on any atom is -0.492 e. The number of halogens is 2. The summed E-state index contributed by atoms with van der Waals surface area (Å²) < 4.78 is 25.1. The van der Waals surface area contributed by atoms with Gasteiger partial charge in [-0.25, -0.2) is 4.39 Å². The summed E-state index contributed by atoms with van der Waals surface area (Å²) in [5.41, 5.74) is 2.38. The van der Waals surface area contributed by atoms with Gasteiger partial charge in [0.2, 0.25) is 5.91 Å². The number of rotatable bonds is 5. The van der Waals surface area contributed by atoms with Crippen LogP contribution in [-0.2, 0) is 17.6 Å². The molecule has 1 heterocycles. The first-order chi connectivity index (χ1) is 12.0. The third-order valence-electron chi connectivity index (χ3n) is 3.92. The van der Waals surface area contributed by atoms with Crippen molar-refractivity contribution in [1.82, 2.24) is 0 Å². The normalized spacial score (nSPS) is 15.4. The number of fused-ring (bicyclic) bond motifs is 1. The summed E-state index contributed by atoms with van der Waals surface area (Å²) in [4.78, 5) is 12.4. The maximum atomic E-state index is 13.3. The summed E-state index contributed by atoms with van der Waals surface area (Å²) in [5, 5.41) is 2.87. The van der Waals surface area contributed by atoms with E-state index in [0.717, 1.165) is 23.3 Å². The van der Waals surface area contributed by atoms with Gasteiger partial charge in [-0.2, -0.15) is 0 Å². The quantitative estimate of drug-likeness (QED) is 0.793. The molecule has 2 aromatic rings. The molecule has 4 nitrogen and oxygen atoms in total. The highest BCUT2D eigenvalue weighted by molar-refractivity contribution is 9.10. The first-order valence-corrected chi connectivity index (χ1v) is 8.95. The van der Waals surface area contributed by atoms with Crippen LogP contribution in [0.15, 0.2) is 34.8 Å². The molecule has 0 radical (unpaired) electrons. The molecule has 0 spiro atoms. The number of amides is 1. The van der Waals surface area contributed by atoms with Crippen molar-refractivity contribution in [3.8, 4) is 11.5 Å². The Bertz CT molecular complexity index is 809. The average molecular weight is 408 g/mol. The highest BCUT2D eigenvalue weighted by atomic mass is 79.9. The Balaban J connectivity index is 1.78. The van der Waals surface area contributed by atoms with Crippen molar-refractivity contribution >= 4 is 27.5 Å². The molecule has 0 aliphatic carbocycles. The van der Waals surface area contributed by atoms with E-state index >= 15 is 0 Å². The molecule has 1 aliphatic heterocycles. The molecule has 0 saturated carbocycles. The van der Waals surface area contributed by atoms with Gasteiger partial charge < -0.3 is 14.8 Å². The number of nitrogens with one attached hydrogen (secondary N) is 1. The molecule has 25 heavy (non-hydrogen) atoms. The van der Waals surface area contributed by atoms with Crippen molar-refractivity contribution in [3.05, 3.63) is 51.7 Å². The molecule has 1 aliphatic rings. The Kier molecular flexibility index (Phi) is 5.27. The third kappa shape index (κ3) is 4.12. The number of anilines is 1. The van der Waals surface area contributed by atoms with Crippen LogP contribution in [0.25, 0.3) is 0 Å². The minimum absolute atomic E-state index is 0.118. The lowest BCUT2D eigenvalue weighted by atomic mass is 10.1. The lowest BCUT2D eigenvalue weighted by Crippen LogP contribution is -2.15. The summed E-state index contributed by atoms with van der Waals surface area (Å²) in [6.45, 7) is 4.40. The zero-order chi connectivity index (χ0) is 18.0. The topological polar surface area (TPSA) is 47.6 Å². The fraction of sp³-hybridized carbons (Fsp3) is 0.316. The van der Waals surface area contributed by atoms with Crippen LogP contribution in [0.1, 0.15) is 25.0 Å². The highest BCUT2D eigenvalue weighted by Gasteiger charge is 2.22. The van der Waals surface area contributed by atoms with E-state index < -0.39 is 0 Å². The van der Waals surface area contributed by atoms with Crippen LogP contribution in [0.2, 0.25) is 0 Å². The van der Waals surface area contributed by atoms with Crippen molar-refractivity contribution in [2.45, 2.75) is 32.8 Å². The number of hydrogen-bond acceptors (Lipinski definition) is 3. The van der Waals surface area contributed by atoms with Crippen LogP contribution in [0.5, 0.6) is 11.5 Å². The highest BCUT2D eigenvalue weighted by Crippen LogP contribution is 2.38. The van der Waals surface area contributed by atoms with E-state index in [1.807, 2.05) is 26.0 Å². The van der Waals surface area contributed by atoms with Gasteiger partial charge in [0.05, 0.1) is 23.2 Å². The van der Waals surface area contributed by atoms with E-state index in [1.165, 1.54) is 6.07 Å². The van der Waals surface area contributed by atoms with E-state index in [4.69, 9.17) is 9.47 Å². The zero-order valence-corrected chi connectivity index (χ0v) is 15.7. The van der Waals surface area contributed by atoms with Gasteiger partial charge in [0.25, 0.3) is 0 Å². The zero-order valence-electron chi connectivity index (χ0n) is 14.1. The van der Waals surface area contributed by atoms with E-state index in [2.05, 4.69) is 21.2 Å². The maximum Gasteiger partial charge on any atom is 0.228 e. The number of benzene rings is 2. The van der Waals surface area contributed by atoms with Crippen LogP contribution >= 0.6 is 15.9 Å². The first kappa shape index (κ1) is 17.7. The summed E-state index contributed by atoms with van der Waals surface area (Å²) in [6.07, 6.45) is 1.08. The van der Waals surface area contributed by atoms with Crippen molar-refractivity contribution in [3.63, 3.8) is 0 Å². The van der Waals surface area contributed by atoms with Gasteiger partial charge in [-0.15, -0.1) is 0 Å². The second-order valence-corrected chi connectivity index (χ2v) is 6.85. The second-order valence-electron chi connectivity index (χ2n) is 6.00. The molecule has 1 amide bonds. The molecule has 1 atom stereocenters. The van der Waals surface area contributed by atoms with E-state index in [1.54, 1.807) is 12.1 Å². The molecule has 3 rings (SSSR count). The Morgan fingerprint density at radius 2 is 2.20 bits per heavy atom. The Hall–Kier alpha value is -2.08. The Morgan fingerprint density at radius 1 is 1.40 bits per heavy atom. The van der Waals surface area contributed by atoms with Crippen molar-refractivity contribution in [1.29, 1.82) is 0 Å². The number of hydrogen-bond donors (Lipinski definition) is 1. The molecular weight excluding hydrogens is 389 g/mol. The van der Waals surface area contributed by atoms with Crippen molar-refractivity contribution in [2.24, 2.45) is 0 Å². The van der Waals surface area contributed by atoms with Gasteiger partial charge in [-0.05, 0) is 53.5 Å². The number of carbonyl (C=O) groups excluding carboxylic acids is 1. The molecule has 6 heteroatoms.